The van der Waals surface area contributed by atoms with E-state index < -0.39 is 6.10 Å². The first-order valence-electron chi connectivity index (χ1n) is 9.01. The van der Waals surface area contributed by atoms with Gasteiger partial charge in [-0.15, -0.1) is 0 Å². The highest BCUT2D eigenvalue weighted by Gasteiger charge is 2.11. The molecule has 3 aromatic rings. The highest BCUT2D eigenvalue weighted by molar-refractivity contribution is 5.49. The van der Waals surface area contributed by atoms with Crippen LogP contribution in [0.4, 0.5) is 0 Å². The van der Waals surface area contributed by atoms with E-state index in [1.54, 1.807) is 0 Å². The minimum atomic E-state index is -0.511. The predicted octanol–water partition coefficient (Wildman–Crippen LogP) is 4.76. The lowest BCUT2D eigenvalue weighted by molar-refractivity contribution is 0.137. The highest BCUT2D eigenvalue weighted by atomic mass is 16.3. The molecule has 0 fully saturated rings. The van der Waals surface area contributed by atoms with Crippen LogP contribution in [-0.4, -0.2) is 22.7 Å². The maximum Gasteiger partial charge on any atom is 0.0851 e. The zero-order valence-corrected chi connectivity index (χ0v) is 14.9. The molecule has 0 amide bonds. The van der Waals surface area contributed by atoms with Gasteiger partial charge >= 0.3 is 0 Å². The predicted molar refractivity (Wildman–Crippen MR) is 108 cm³/mol. The van der Waals surface area contributed by atoms with E-state index in [1.165, 1.54) is 11.1 Å². The van der Waals surface area contributed by atoms with Crippen LogP contribution in [0.3, 0.4) is 0 Å². The fourth-order valence-corrected chi connectivity index (χ4v) is 2.98. The van der Waals surface area contributed by atoms with E-state index in [9.17, 15) is 5.11 Å². The van der Waals surface area contributed by atoms with Gasteiger partial charge in [0.15, 0.2) is 0 Å². The second kappa shape index (κ2) is 9.71. The number of rotatable bonds is 8. The van der Waals surface area contributed by atoms with Gasteiger partial charge in [-0.1, -0.05) is 103 Å². The van der Waals surface area contributed by atoms with Crippen molar-refractivity contribution in [2.75, 3.05) is 6.54 Å². The van der Waals surface area contributed by atoms with Crippen LogP contribution in [0.5, 0.6) is 0 Å². The van der Waals surface area contributed by atoms with E-state index in [-0.39, 0.29) is 0 Å². The molecule has 3 rings (SSSR count). The first-order valence-corrected chi connectivity index (χ1v) is 9.01. The summed E-state index contributed by atoms with van der Waals surface area (Å²) in [6.07, 6.45) is 3.34. The lowest BCUT2D eigenvalue weighted by Crippen LogP contribution is -2.30. The Labute approximate surface area is 156 Å². The molecule has 132 valence electrons. The van der Waals surface area contributed by atoms with Crippen molar-refractivity contribution >= 4 is 6.08 Å². The van der Waals surface area contributed by atoms with Crippen molar-refractivity contribution in [2.45, 2.75) is 19.2 Å². The minimum Gasteiger partial charge on any atom is -0.388 e. The van der Waals surface area contributed by atoms with Gasteiger partial charge in [0.05, 0.1) is 6.10 Å². The number of benzene rings is 3. The van der Waals surface area contributed by atoms with Gasteiger partial charge in [0.2, 0.25) is 0 Å². The molecule has 0 spiro atoms. The van der Waals surface area contributed by atoms with Crippen LogP contribution in [0.25, 0.3) is 6.08 Å². The second-order valence-electron chi connectivity index (χ2n) is 6.48. The molecule has 0 saturated heterocycles. The molecule has 0 unspecified atom stereocenters. The Morgan fingerprint density at radius 2 is 1.15 bits per heavy atom. The highest BCUT2D eigenvalue weighted by Crippen LogP contribution is 2.12. The lowest BCUT2D eigenvalue weighted by atomic mass is 10.1. The maximum atomic E-state index is 10.5. The normalized spacial score (nSPS) is 12.5. The third-order valence-electron chi connectivity index (χ3n) is 4.25. The van der Waals surface area contributed by atoms with Crippen molar-refractivity contribution < 1.29 is 5.11 Å². The van der Waals surface area contributed by atoms with Crippen molar-refractivity contribution in [2.24, 2.45) is 0 Å². The summed E-state index contributed by atoms with van der Waals surface area (Å²) in [7, 11) is 0. The molecule has 0 aliphatic heterocycles. The van der Waals surface area contributed by atoms with E-state index in [0.29, 0.717) is 6.54 Å². The third kappa shape index (κ3) is 5.99. The van der Waals surface area contributed by atoms with E-state index in [2.05, 4.69) is 53.4 Å². The minimum absolute atomic E-state index is 0.511. The fraction of sp³-hybridized carbons (Fsp3) is 0.167. The van der Waals surface area contributed by atoms with E-state index in [0.717, 1.165) is 18.7 Å². The smallest absolute Gasteiger partial charge is 0.0851 e. The van der Waals surface area contributed by atoms with Crippen molar-refractivity contribution in [3.63, 3.8) is 0 Å². The van der Waals surface area contributed by atoms with Gasteiger partial charge in [-0.2, -0.15) is 0 Å². The van der Waals surface area contributed by atoms with Gasteiger partial charge in [0, 0.05) is 19.6 Å². The Morgan fingerprint density at radius 3 is 1.65 bits per heavy atom. The molecule has 0 heterocycles. The first-order chi connectivity index (χ1) is 12.8. The number of hydrogen-bond acceptors (Lipinski definition) is 2. The van der Waals surface area contributed by atoms with Crippen molar-refractivity contribution in [3.05, 3.63) is 114 Å². The zero-order chi connectivity index (χ0) is 18.0. The summed E-state index contributed by atoms with van der Waals surface area (Å²) in [5.74, 6) is 0. The second-order valence-corrected chi connectivity index (χ2v) is 6.48. The number of hydrogen-bond donors (Lipinski definition) is 1. The summed E-state index contributed by atoms with van der Waals surface area (Å²) in [6, 6.07) is 30.9. The van der Waals surface area contributed by atoms with Gasteiger partial charge in [-0.3, -0.25) is 4.90 Å². The zero-order valence-electron chi connectivity index (χ0n) is 14.9. The van der Waals surface area contributed by atoms with Crippen LogP contribution in [0.2, 0.25) is 0 Å². The monoisotopic (exact) mass is 343 g/mol. The molecule has 3 aromatic carbocycles. The molecule has 26 heavy (non-hydrogen) atoms. The first kappa shape index (κ1) is 18.1. The molecule has 0 aliphatic rings. The van der Waals surface area contributed by atoms with Crippen LogP contribution in [-0.2, 0) is 13.1 Å². The van der Waals surface area contributed by atoms with Crippen LogP contribution in [0.1, 0.15) is 16.7 Å². The van der Waals surface area contributed by atoms with Gasteiger partial charge < -0.3 is 5.11 Å². The molecular formula is C24H25NO. The number of aliphatic hydroxyl groups is 1. The standard InChI is InChI=1S/C24H25NO/c26-24(17-16-21-10-4-1-5-11-21)20-25(18-22-12-6-2-7-13-22)19-23-14-8-3-9-15-23/h1-17,24,26H,18-20H2/b17-16+/t24-/m0/s1. The number of nitrogens with zero attached hydrogens (tertiary/aromatic N) is 1. The van der Waals surface area contributed by atoms with Crippen LogP contribution < -0.4 is 0 Å². The SMILES string of the molecule is O[C@@H](/C=C/c1ccccc1)CN(Cc1ccccc1)Cc1ccccc1. The summed E-state index contributed by atoms with van der Waals surface area (Å²) in [5.41, 5.74) is 3.61. The molecule has 2 heteroatoms. The summed E-state index contributed by atoms with van der Waals surface area (Å²) < 4.78 is 0. The average molecular weight is 343 g/mol. The van der Waals surface area contributed by atoms with Crippen LogP contribution in [0, 0.1) is 0 Å². The maximum absolute atomic E-state index is 10.5. The molecule has 0 saturated carbocycles. The average Bonchev–Trinajstić information content (AvgIpc) is 2.69. The van der Waals surface area contributed by atoms with Crippen LogP contribution >= 0.6 is 0 Å². The molecular weight excluding hydrogens is 318 g/mol. The Hall–Kier alpha value is -2.68. The largest absolute Gasteiger partial charge is 0.388 e. The van der Waals surface area contributed by atoms with Crippen molar-refractivity contribution in [1.82, 2.24) is 4.90 Å². The molecule has 1 N–H and O–H groups in total. The van der Waals surface area contributed by atoms with Crippen molar-refractivity contribution in [1.29, 1.82) is 0 Å². The molecule has 2 nitrogen and oxygen atoms in total. The molecule has 0 aromatic heterocycles. The lowest BCUT2D eigenvalue weighted by Gasteiger charge is -2.24. The molecule has 0 radical (unpaired) electrons. The van der Waals surface area contributed by atoms with E-state index in [4.69, 9.17) is 0 Å². The quantitative estimate of drug-likeness (QED) is 0.637. The van der Waals surface area contributed by atoms with Gasteiger partial charge in [-0.25, -0.2) is 0 Å². The Balaban J connectivity index is 1.67. The Morgan fingerprint density at radius 1 is 0.692 bits per heavy atom. The number of aliphatic hydroxyl groups excluding tert-OH is 1. The Kier molecular flexibility index (Phi) is 6.77. The van der Waals surface area contributed by atoms with E-state index >= 15 is 0 Å². The topological polar surface area (TPSA) is 23.5 Å². The Bertz CT molecular complexity index is 743. The summed E-state index contributed by atoms with van der Waals surface area (Å²) >= 11 is 0. The van der Waals surface area contributed by atoms with Crippen molar-refractivity contribution in [3.8, 4) is 0 Å². The molecule has 0 aliphatic carbocycles. The summed E-state index contributed by atoms with van der Waals surface area (Å²) in [4.78, 5) is 2.28. The van der Waals surface area contributed by atoms with Crippen LogP contribution in [0.15, 0.2) is 97.1 Å². The van der Waals surface area contributed by atoms with E-state index in [1.807, 2.05) is 54.6 Å². The molecule has 0 bridgehead atoms. The molecule has 1 atom stereocenters. The van der Waals surface area contributed by atoms with Gasteiger partial charge in [0.25, 0.3) is 0 Å². The third-order valence-corrected chi connectivity index (χ3v) is 4.25. The fourth-order valence-electron chi connectivity index (χ4n) is 2.98. The summed E-state index contributed by atoms with van der Waals surface area (Å²) in [5, 5.41) is 10.5. The van der Waals surface area contributed by atoms with Gasteiger partial charge in [-0.05, 0) is 16.7 Å². The van der Waals surface area contributed by atoms with Gasteiger partial charge in [0.1, 0.15) is 0 Å². The summed E-state index contributed by atoms with van der Waals surface area (Å²) in [6.45, 7) is 2.21.